The van der Waals surface area contributed by atoms with Gasteiger partial charge in [-0.05, 0) is 19.2 Å². The smallest absolute Gasteiger partial charge is 0.339 e. The van der Waals surface area contributed by atoms with Crippen molar-refractivity contribution in [1.29, 1.82) is 0 Å². The quantitative estimate of drug-likeness (QED) is 0.794. The van der Waals surface area contributed by atoms with Crippen LogP contribution in [0.5, 0.6) is 0 Å². The summed E-state index contributed by atoms with van der Waals surface area (Å²) in [4.78, 5) is 25.8. The number of nitrogens with zero attached hydrogens (tertiary/aromatic N) is 1. The van der Waals surface area contributed by atoms with Gasteiger partial charge in [-0.2, -0.15) is 0 Å². The van der Waals surface area contributed by atoms with Gasteiger partial charge in [0.05, 0.1) is 16.6 Å². The highest BCUT2D eigenvalue weighted by Crippen LogP contribution is 2.37. The first-order valence-electron chi connectivity index (χ1n) is 7.80. The number of likely N-dealkylation sites (N-methyl/N-ethyl adjacent to an activating group) is 1. The Hall–Kier alpha value is -1.59. The molecule has 0 unspecified atom stereocenters. The van der Waals surface area contributed by atoms with Gasteiger partial charge in [-0.15, -0.1) is 0 Å². The molecule has 5 nitrogen and oxygen atoms in total. The van der Waals surface area contributed by atoms with E-state index in [-0.39, 0.29) is 30.3 Å². The van der Waals surface area contributed by atoms with Crippen LogP contribution in [-0.4, -0.2) is 48.2 Å². The molecule has 2 saturated heterocycles. The van der Waals surface area contributed by atoms with E-state index >= 15 is 0 Å². The predicted molar refractivity (Wildman–Crippen MR) is 85.4 cm³/mol. The summed E-state index contributed by atoms with van der Waals surface area (Å²) in [5.74, 6) is -0.658. The largest absolute Gasteiger partial charge is 0.461 e. The number of carbonyl (C=O) groups excluding carboxylic acids is 2. The lowest BCUT2D eigenvalue weighted by Crippen LogP contribution is -2.46. The van der Waals surface area contributed by atoms with Crippen LogP contribution in [0.15, 0.2) is 24.3 Å². The SMILES string of the molecule is CC(=O)O[C@@H]1C[C@@H]2C[C@@H](OC(=O)c3ccccc3Cl)C[C@H]1N2C. The van der Waals surface area contributed by atoms with Gasteiger partial charge < -0.3 is 9.47 Å². The molecule has 2 aliphatic heterocycles. The fourth-order valence-corrected chi connectivity index (χ4v) is 3.86. The van der Waals surface area contributed by atoms with Crippen LogP contribution >= 0.6 is 11.6 Å². The second-order valence-corrected chi connectivity index (χ2v) is 6.66. The van der Waals surface area contributed by atoms with Crippen molar-refractivity contribution in [3.05, 3.63) is 34.9 Å². The van der Waals surface area contributed by atoms with Gasteiger partial charge in [-0.25, -0.2) is 4.79 Å². The van der Waals surface area contributed by atoms with Gasteiger partial charge in [0.2, 0.25) is 0 Å². The number of piperidine rings is 1. The molecular weight excluding hydrogens is 318 g/mol. The Morgan fingerprint density at radius 1 is 1.17 bits per heavy atom. The number of halogens is 1. The van der Waals surface area contributed by atoms with Crippen molar-refractivity contribution in [2.75, 3.05) is 7.05 Å². The summed E-state index contributed by atoms with van der Waals surface area (Å²) in [6.45, 7) is 1.43. The molecule has 124 valence electrons. The highest BCUT2D eigenvalue weighted by atomic mass is 35.5. The molecule has 2 fully saturated rings. The first-order chi connectivity index (χ1) is 11.0. The molecule has 3 rings (SSSR count). The summed E-state index contributed by atoms with van der Waals surface area (Å²) < 4.78 is 11.1. The average molecular weight is 338 g/mol. The highest BCUT2D eigenvalue weighted by Gasteiger charge is 2.47. The van der Waals surface area contributed by atoms with Crippen LogP contribution in [0.3, 0.4) is 0 Å². The number of hydrogen-bond donors (Lipinski definition) is 0. The maximum Gasteiger partial charge on any atom is 0.339 e. The maximum absolute atomic E-state index is 12.3. The van der Waals surface area contributed by atoms with E-state index in [9.17, 15) is 9.59 Å². The predicted octanol–water partition coefficient (Wildman–Crippen LogP) is 2.66. The summed E-state index contributed by atoms with van der Waals surface area (Å²) >= 11 is 6.04. The second kappa shape index (κ2) is 6.49. The molecule has 1 aromatic carbocycles. The van der Waals surface area contributed by atoms with Gasteiger partial charge in [0.1, 0.15) is 12.2 Å². The fraction of sp³-hybridized carbons (Fsp3) is 0.529. The number of esters is 2. The Bertz CT molecular complexity index is 620. The molecule has 0 amide bonds. The van der Waals surface area contributed by atoms with Crippen molar-refractivity contribution in [2.45, 2.75) is 50.5 Å². The van der Waals surface area contributed by atoms with Gasteiger partial charge in [0.25, 0.3) is 0 Å². The Kier molecular flexibility index (Phi) is 4.60. The lowest BCUT2D eigenvalue weighted by atomic mass is 10.00. The van der Waals surface area contributed by atoms with Crippen molar-refractivity contribution >= 4 is 23.5 Å². The minimum atomic E-state index is -0.395. The molecule has 1 aromatic rings. The zero-order valence-corrected chi connectivity index (χ0v) is 14.0. The zero-order chi connectivity index (χ0) is 16.6. The molecule has 6 heteroatoms. The molecule has 23 heavy (non-hydrogen) atoms. The van der Waals surface area contributed by atoms with Gasteiger partial charge in [-0.3, -0.25) is 9.69 Å². The van der Waals surface area contributed by atoms with Gasteiger partial charge in [0.15, 0.2) is 0 Å². The number of hydrogen-bond acceptors (Lipinski definition) is 5. The van der Waals surface area contributed by atoms with Crippen LogP contribution in [0.1, 0.15) is 36.5 Å². The standard InChI is InChI=1S/C17H20ClNO4/c1-10(20)22-16-8-11-7-12(9-15(16)19(11)2)23-17(21)13-5-3-4-6-14(13)18/h3-6,11-12,15-16H,7-9H2,1-2H3/t11-,12+,15+,16+/m0/s1. The van der Waals surface area contributed by atoms with Crippen LogP contribution in [-0.2, 0) is 14.3 Å². The van der Waals surface area contributed by atoms with E-state index in [0.29, 0.717) is 17.0 Å². The zero-order valence-electron chi connectivity index (χ0n) is 13.2. The molecule has 0 aromatic heterocycles. The third kappa shape index (κ3) is 3.35. The van der Waals surface area contributed by atoms with Crippen LogP contribution in [0.25, 0.3) is 0 Å². The monoisotopic (exact) mass is 337 g/mol. The Morgan fingerprint density at radius 3 is 2.61 bits per heavy atom. The van der Waals surface area contributed by atoms with Crippen LogP contribution in [0.2, 0.25) is 5.02 Å². The average Bonchev–Trinajstić information content (AvgIpc) is 2.67. The van der Waals surface area contributed by atoms with Crippen molar-refractivity contribution in [3.8, 4) is 0 Å². The molecule has 2 heterocycles. The summed E-state index contributed by atoms with van der Waals surface area (Å²) in [7, 11) is 2.03. The van der Waals surface area contributed by atoms with E-state index in [4.69, 9.17) is 21.1 Å². The van der Waals surface area contributed by atoms with Crippen molar-refractivity contribution in [2.24, 2.45) is 0 Å². The lowest BCUT2D eigenvalue weighted by molar-refractivity contribution is -0.147. The fourth-order valence-electron chi connectivity index (χ4n) is 3.65. The van der Waals surface area contributed by atoms with Crippen LogP contribution in [0, 0.1) is 0 Å². The summed E-state index contributed by atoms with van der Waals surface area (Å²) in [5, 5.41) is 0.395. The van der Waals surface area contributed by atoms with E-state index in [2.05, 4.69) is 4.90 Å². The van der Waals surface area contributed by atoms with Crippen molar-refractivity contribution in [3.63, 3.8) is 0 Å². The Labute approximate surface area is 140 Å². The van der Waals surface area contributed by atoms with Crippen molar-refractivity contribution in [1.82, 2.24) is 4.90 Å². The van der Waals surface area contributed by atoms with Gasteiger partial charge >= 0.3 is 11.9 Å². The lowest BCUT2D eigenvalue weighted by Gasteiger charge is -2.36. The van der Waals surface area contributed by atoms with Crippen molar-refractivity contribution < 1.29 is 19.1 Å². The number of carbonyl (C=O) groups is 2. The summed E-state index contributed by atoms with van der Waals surface area (Å²) in [6, 6.07) is 7.24. The van der Waals surface area contributed by atoms with E-state index in [0.717, 1.165) is 12.8 Å². The molecule has 0 saturated carbocycles. The summed E-state index contributed by atoms with van der Waals surface area (Å²) in [5.41, 5.74) is 0.386. The Morgan fingerprint density at radius 2 is 1.91 bits per heavy atom. The van der Waals surface area contributed by atoms with E-state index < -0.39 is 5.97 Å². The number of ether oxygens (including phenoxy) is 2. The molecule has 2 bridgehead atoms. The Balaban J connectivity index is 1.66. The normalized spacial score (nSPS) is 30.0. The molecular formula is C17H20ClNO4. The number of benzene rings is 1. The minimum absolute atomic E-state index is 0.0988. The first-order valence-corrected chi connectivity index (χ1v) is 8.18. The second-order valence-electron chi connectivity index (χ2n) is 6.25. The third-order valence-corrected chi connectivity index (χ3v) is 5.09. The minimum Gasteiger partial charge on any atom is -0.461 e. The molecule has 4 atom stereocenters. The first kappa shape index (κ1) is 16.3. The number of rotatable bonds is 3. The van der Waals surface area contributed by atoms with E-state index in [1.165, 1.54) is 6.92 Å². The third-order valence-electron chi connectivity index (χ3n) is 4.76. The summed E-state index contributed by atoms with van der Waals surface area (Å²) in [6.07, 6.45) is 1.92. The number of fused-ring (bicyclic) bond motifs is 2. The maximum atomic E-state index is 12.3. The molecule has 2 aliphatic rings. The molecule has 0 radical (unpaired) electrons. The van der Waals surface area contributed by atoms with E-state index in [1.807, 2.05) is 7.05 Å². The molecule has 0 aliphatic carbocycles. The molecule has 0 spiro atoms. The van der Waals surface area contributed by atoms with Crippen LogP contribution in [0.4, 0.5) is 0 Å². The topological polar surface area (TPSA) is 55.8 Å². The van der Waals surface area contributed by atoms with Gasteiger partial charge in [-0.1, -0.05) is 23.7 Å². The van der Waals surface area contributed by atoms with Gasteiger partial charge in [0, 0.05) is 32.2 Å². The van der Waals surface area contributed by atoms with E-state index in [1.54, 1.807) is 24.3 Å². The highest BCUT2D eigenvalue weighted by molar-refractivity contribution is 6.33. The molecule has 0 N–H and O–H groups in total. The van der Waals surface area contributed by atoms with Crippen LogP contribution < -0.4 is 0 Å².